The van der Waals surface area contributed by atoms with Crippen LogP contribution < -0.4 is 5.32 Å². The maximum atomic E-state index is 12.2. The van der Waals surface area contributed by atoms with E-state index in [2.05, 4.69) is 59.9 Å². The Labute approximate surface area is 190 Å². The first-order valence-electron chi connectivity index (χ1n) is 11.3. The Morgan fingerprint density at radius 3 is 1.88 bits per heavy atom. The topological polar surface area (TPSA) is 66.4 Å². The Morgan fingerprint density at radius 2 is 1.25 bits per heavy atom. The Kier molecular flexibility index (Phi) is 9.05. The van der Waals surface area contributed by atoms with Crippen molar-refractivity contribution in [3.63, 3.8) is 0 Å². The maximum absolute atomic E-state index is 12.2. The lowest BCUT2D eigenvalue weighted by molar-refractivity contribution is -0.116. The van der Waals surface area contributed by atoms with Crippen LogP contribution in [0.3, 0.4) is 0 Å². The number of carboxylic acid groups (broad SMARTS) is 1. The van der Waals surface area contributed by atoms with E-state index in [9.17, 15) is 9.59 Å². The van der Waals surface area contributed by atoms with E-state index in [0.29, 0.717) is 18.5 Å². The standard InChI is InChI=1S/C28H31NO3/c30-27(29-26-14-8-13-25(21-26)28(31)32)20-19-24-17-15-23(16-18-24)12-5-2-1-4-9-22-10-6-3-7-11-22/h3,6-8,10-11,13-18,21H,1-2,4-5,9,12,19-20H2,(H,29,30)(H,31,32). The Balaban J connectivity index is 1.32. The fourth-order valence-electron chi connectivity index (χ4n) is 3.74. The van der Waals surface area contributed by atoms with E-state index in [0.717, 1.165) is 18.4 Å². The van der Waals surface area contributed by atoms with Crippen molar-refractivity contribution in [1.82, 2.24) is 0 Å². The highest BCUT2D eigenvalue weighted by Gasteiger charge is 2.07. The number of benzene rings is 3. The summed E-state index contributed by atoms with van der Waals surface area (Å²) in [5.41, 5.74) is 4.56. The normalized spacial score (nSPS) is 10.6. The number of hydrogen-bond donors (Lipinski definition) is 2. The molecule has 0 aromatic heterocycles. The summed E-state index contributed by atoms with van der Waals surface area (Å²) in [7, 11) is 0. The van der Waals surface area contributed by atoms with Crippen LogP contribution in [-0.2, 0) is 24.1 Å². The predicted octanol–water partition coefficient (Wildman–Crippen LogP) is 6.30. The van der Waals surface area contributed by atoms with Gasteiger partial charge in [-0.05, 0) is 67.0 Å². The summed E-state index contributed by atoms with van der Waals surface area (Å²) < 4.78 is 0. The molecule has 0 bridgehead atoms. The lowest BCUT2D eigenvalue weighted by Gasteiger charge is -2.07. The quantitative estimate of drug-likeness (QED) is 0.332. The van der Waals surface area contributed by atoms with Gasteiger partial charge in [-0.15, -0.1) is 0 Å². The molecule has 166 valence electrons. The highest BCUT2D eigenvalue weighted by atomic mass is 16.4. The van der Waals surface area contributed by atoms with Crippen molar-refractivity contribution in [2.24, 2.45) is 0 Å². The third kappa shape index (κ3) is 8.03. The second kappa shape index (κ2) is 12.5. The fraction of sp³-hybridized carbons (Fsp3) is 0.286. The average Bonchev–Trinajstić information content (AvgIpc) is 2.81. The molecular formula is C28H31NO3. The lowest BCUT2D eigenvalue weighted by atomic mass is 10.0. The third-order valence-electron chi connectivity index (χ3n) is 5.58. The molecule has 0 fully saturated rings. The van der Waals surface area contributed by atoms with Crippen LogP contribution in [0, 0.1) is 0 Å². The van der Waals surface area contributed by atoms with E-state index in [-0.39, 0.29) is 11.5 Å². The summed E-state index contributed by atoms with van der Waals surface area (Å²) in [4.78, 5) is 23.2. The molecule has 32 heavy (non-hydrogen) atoms. The zero-order valence-electron chi connectivity index (χ0n) is 18.4. The molecule has 0 radical (unpaired) electrons. The SMILES string of the molecule is O=C(CCc1ccc(CCCCCCc2ccccc2)cc1)Nc1cccc(C(=O)O)c1. The van der Waals surface area contributed by atoms with Crippen molar-refractivity contribution in [3.05, 3.63) is 101 Å². The number of unbranched alkanes of at least 4 members (excludes halogenated alkanes) is 3. The maximum Gasteiger partial charge on any atom is 0.335 e. The molecule has 0 heterocycles. The number of nitrogens with one attached hydrogen (secondary N) is 1. The molecule has 3 aromatic rings. The van der Waals surface area contributed by atoms with Crippen LogP contribution in [0.2, 0.25) is 0 Å². The molecular weight excluding hydrogens is 398 g/mol. The number of aryl methyl sites for hydroxylation is 3. The van der Waals surface area contributed by atoms with Crippen LogP contribution in [0.1, 0.15) is 59.2 Å². The first kappa shape index (κ1) is 23.3. The van der Waals surface area contributed by atoms with Crippen LogP contribution in [0.15, 0.2) is 78.9 Å². The molecule has 0 atom stereocenters. The van der Waals surface area contributed by atoms with Crippen molar-refractivity contribution < 1.29 is 14.7 Å². The number of carboxylic acids is 1. The number of carbonyl (C=O) groups is 2. The van der Waals surface area contributed by atoms with Gasteiger partial charge in [-0.2, -0.15) is 0 Å². The molecule has 0 unspecified atom stereocenters. The highest BCUT2D eigenvalue weighted by Crippen LogP contribution is 2.14. The van der Waals surface area contributed by atoms with Crippen molar-refractivity contribution in [1.29, 1.82) is 0 Å². The van der Waals surface area contributed by atoms with Crippen molar-refractivity contribution in [2.75, 3.05) is 5.32 Å². The summed E-state index contributed by atoms with van der Waals surface area (Å²) in [5.74, 6) is -1.12. The average molecular weight is 430 g/mol. The van der Waals surface area contributed by atoms with Gasteiger partial charge in [0.05, 0.1) is 5.56 Å². The number of anilines is 1. The van der Waals surface area contributed by atoms with E-state index in [1.54, 1.807) is 12.1 Å². The molecule has 4 heteroatoms. The predicted molar refractivity (Wildman–Crippen MR) is 129 cm³/mol. The van der Waals surface area contributed by atoms with Crippen LogP contribution in [-0.4, -0.2) is 17.0 Å². The number of amides is 1. The fourth-order valence-corrected chi connectivity index (χ4v) is 3.74. The molecule has 0 spiro atoms. The minimum absolute atomic E-state index is 0.118. The van der Waals surface area contributed by atoms with Gasteiger partial charge in [0.1, 0.15) is 0 Å². The van der Waals surface area contributed by atoms with Gasteiger partial charge in [-0.25, -0.2) is 4.79 Å². The molecule has 4 nitrogen and oxygen atoms in total. The zero-order chi connectivity index (χ0) is 22.6. The Hall–Kier alpha value is -3.40. The third-order valence-corrected chi connectivity index (χ3v) is 5.58. The van der Waals surface area contributed by atoms with Gasteiger partial charge in [0.25, 0.3) is 0 Å². The molecule has 2 N–H and O–H groups in total. The molecule has 3 aromatic carbocycles. The molecule has 3 rings (SSSR count). The van der Waals surface area contributed by atoms with Crippen molar-refractivity contribution in [2.45, 2.75) is 51.4 Å². The van der Waals surface area contributed by atoms with E-state index < -0.39 is 5.97 Å². The van der Waals surface area contributed by atoms with E-state index in [1.807, 2.05) is 0 Å². The zero-order valence-corrected chi connectivity index (χ0v) is 18.4. The Morgan fingerprint density at radius 1 is 0.656 bits per heavy atom. The van der Waals surface area contributed by atoms with Gasteiger partial charge in [0.2, 0.25) is 5.91 Å². The minimum atomic E-state index is -1.01. The summed E-state index contributed by atoms with van der Waals surface area (Å²) >= 11 is 0. The van der Waals surface area contributed by atoms with E-state index in [1.165, 1.54) is 48.9 Å². The van der Waals surface area contributed by atoms with Gasteiger partial charge in [0.15, 0.2) is 0 Å². The summed E-state index contributed by atoms with van der Waals surface area (Å²) in [6.45, 7) is 0. The van der Waals surface area contributed by atoms with E-state index in [4.69, 9.17) is 5.11 Å². The second-order valence-corrected chi connectivity index (χ2v) is 8.15. The summed E-state index contributed by atoms with van der Waals surface area (Å²) in [6.07, 6.45) is 8.22. The number of carbonyl (C=O) groups excluding carboxylic acids is 1. The van der Waals surface area contributed by atoms with Gasteiger partial charge >= 0.3 is 5.97 Å². The summed E-state index contributed by atoms with van der Waals surface area (Å²) in [5, 5.41) is 11.8. The van der Waals surface area contributed by atoms with Gasteiger partial charge in [-0.1, -0.05) is 73.5 Å². The minimum Gasteiger partial charge on any atom is -0.478 e. The molecule has 0 saturated carbocycles. The number of hydrogen-bond acceptors (Lipinski definition) is 2. The highest BCUT2D eigenvalue weighted by molar-refractivity contribution is 5.93. The largest absolute Gasteiger partial charge is 0.478 e. The Bertz CT molecular complexity index is 997. The van der Waals surface area contributed by atoms with Crippen molar-refractivity contribution in [3.8, 4) is 0 Å². The smallest absolute Gasteiger partial charge is 0.335 e. The van der Waals surface area contributed by atoms with Gasteiger partial charge in [0, 0.05) is 12.1 Å². The van der Waals surface area contributed by atoms with Gasteiger partial charge < -0.3 is 10.4 Å². The first-order chi connectivity index (χ1) is 15.6. The van der Waals surface area contributed by atoms with Crippen LogP contribution in [0.25, 0.3) is 0 Å². The summed E-state index contributed by atoms with van der Waals surface area (Å²) in [6, 6.07) is 25.5. The van der Waals surface area contributed by atoms with Crippen LogP contribution in [0.5, 0.6) is 0 Å². The molecule has 0 aliphatic heterocycles. The van der Waals surface area contributed by atoms with Crippen molar-refractivity contribution >= 4 is 17.6 Å². The first-order valence-corrected chi connectivity index (χ1v) is 11.3. The van der Waals surface area contributed by atoms with Crippen LogP contribution >= 0.6 is 0 Å². The number of aromatic carboxylic acids is 1. The monoisotopic (exact) mass is 429 g/mol. The molecule has 0 aliphatic carbocycles. The number of rotatable bonds is 12. The van der Waals surface area contributed by atoms with Gasteiger partial charge in [-0.3, -0.25) is 4.79 Å². The van der Waals surface area contributed by atoms with Crippen LogP contribution in [0.4, 0.5) is 5.69 Å². The molecule has 0 saturated heterocycles. The lowest BCUT2D eigenvalue weighted by Crippen LogP contribution is -2.12. The second-order valence-electron chi connectivity index (χ2n) is 8.15. The van der Waals surface area contributed by atoms with E-state index >= 15 is 0 Å². The molecule has 0 aliphatic rings. The molecule has 1 amide bonds.